The quantitative estimate of drug-likeness (QED) is 0.482. The maximum Gasteiger partial charge on any atom is 0.410 e. The number of ether oxygens (including phenoxy) is 1. The van der Waals surface area contributed by atoms with Gasteiger partial charge in [-0.3, -0.25) is 5.10 Å². The van der Waals surface area contributed by atoms with Crippen LogP contribution in [0.4, 0.5) is 22.4 Å². The Labute approximate surface area is 197 Å². The van der Waals surface area contributed by atoms with Gasteiger partial charge in [0.1, 0.15) is 16.2 Å². The average molecular weight is 470 g/mol. The monoisotopic (exact) mass is 469 g/mol. The maximum atomic E-state index is 12.9. The molecular weight excluding hydrogens is 438 g/mol. The lowest BCUT2D eigenvalue weighted by Crippen LogP contribution is -2.58. The van der Waals surface area contributed by atoms with Crippen molar-refractivity contribution in [3.8, 4) is 0 Å². The van der Waals surface area contributed by atoms with Crippen molar-refractivity contribution in [1.29, 1.82) is 0 Å². The fraction of sp³-hybridized carbons (Fsp3) is 0.565. The van der Waals surface area contributed by atoms with Crippen molar-refractivity contribution in [1.82, 2.24) is 25.1 Å². The molecule has 3 N–H and O–H groups in total. The van der Waals surface area contributed by atoms with E-state index in [-0.39, 0.29) is 24.2 Å². The predicted octanol–water partition coefficient (Wildman–Crippen LogP) is 5.20. The highest BCUT2D eigenvalue weighted by Gasteiger charge is 2.42. The molecule has 33 heavy (non-hydrogen) atoms. The van der Waals surface area contributed by atoms with Gasteiger partial charge in [-0.15, -0.1) is 11.3 Å². The van der Waals surface area contributed by atoms with E-state index >= 15 is 0 Å². The van der Waals surface area contributed by atoms with Crippen LogP contribution in [0.15, 0.2) is 17.5 Å². The number of piperidine rings is 2. The Morgan fingerprint density at radius 3 is 2.67 bits per heavy atom. The van der Waals surface area contributed by atoms with Crippen molar-refractivity contribution in [3.05, 3.63) is 23.2 Å². The topological polar surface area (TPSA) is 108 Å². The minimum absolute atomic E-state index is 0.181. The molecule has 1 amide bonds. The Morgan fingerprint density at radius 2 is 2.00 bits per heavy atom. The highest BCUT2D eigenvalue weighted by molar-refractivity contribution is 7.16. The third kappa shape index (κ3) is 4.75. The SMILES string of the molecule is Cc1cc(Nc2nc(NC3C[C@H]4CCC[C@@H](C3)N4C(=O)OC(C)(C)C)nc3sccc23)n[nH]1. The van der Waals surface area contributed by atoms with E-state index in [2.05, 4.69) is 20.8 Å². The Kier molecular flexibility index (Phi) is 5.64. The standard InChI is InChI=1S/C23H31N7O2S/c1-13-10-18(29-28-13)25-19-17-8-9-33-20(17)27-21(26-19)24-14-11-15-6-5-7-16(12-14)30(15)22(31)32-23(2,3)4/h8-10,14-16H,5-7,11-12H2,1-4H3,(H3,24,25,26,27,28,29)/t14?,15-,16+. The largest absolute Gasteiger partial charge is 0.444 e. The molecule has 0 radical (unpaired) electrons. The molecule has 5 heterocycles. The molecule has 2 fully saturated rings. The van der Waals surface area contributed by atoms with Crippen LogP contribution in [0, 0.1) is 6.92 Å². The van der Waals surface area contributed by atoms with Crippen LogP contribution in [0.2, 0.25) is 0 Å². The summed E-state index contributed by atoms with van der Waals surface area (Å²) >= 11 is 1.59. The number of aromatic amines is 1. The van der Waals surface area contributed by atoms with Crippen LogP contribution in [0.5, 0.6) is 0 Å². The molecule has 2 aliphatic heterocycles. The van der Waals surface area contributed by atoms with E-state index < -0.39 is 5.60 Å². The van der Waals surface area contributed by atoms with Crippen LogP contribution in [0.1, 0.15) is 58.6 Å². The first kappa shape index (κ1) is 21.9. The lowest BCUT2D eigenvalue weighted by Gasteiger charge is -2.48. The molecule has 3 aromatic heterocycles. The highest BCUT2D eigenvalue weighted by Crippen LogP contribution is 2.37. The van der Waals surface area contributed by atoms with E-state index in [1.807, 2.05) is 50.1 Å². The fourth-order valence-electron chi connectivity index (χ4n) is 4.91. The summed E-state index contributed by atoms with van der Waals surface area (Å²) in [5.74, 6) is 2.07. The molecule has 0 aliphatic carbocycles. The van der Waals surface area contributed by atoms with Gasteiger partial charge in [-0.05, 0) is 71.2 Å². The number of aromatic nitrogens is 4. The molecule has 2 saturated heterocycles. The second-order valence-electron chi connectivity index (χ2n) is 10.0. The van der Waals surface area contributed by atoms with Crippen LogP contribution in [0.25, 0.3) is 10.2 Å². The van der Waals surface area contributed by atoms with Crippen molar-refractivity contribution in [2.45, 2.75) is 83.5 Å². The van der Waals surface area contributed by atoms with Gasteiger partial charge in [0.15, 0.2) is 5.82 Å². The van der Waals surface area contributed by atoms with Crippen molar-refractivity contribution >= 4 is 45.2 Å². The molecule has 9 nitrogen and oxygen atoms in total. The number of amides is 1. The summed E-state index contributed by atoms with van der Waals surface area (Å²) in [6, 6.07) is 4.54. The number of thiophene rings is 1. The van der Waals surface area contributed by atoms with Crippen LogP contribution in [-0.2, 0) is 4.74 Å². The van der Waals surface area contributed by atoms with Gasteiger partial charge in [-0.25, -0.2) is 9.78 Å². The van der Waals surface area contributed by atoms with Gasteiger partial charge in [0.25, 0.3) is 0 Å². The average Bonchev–Trinajstić information content (AvgIpc) is 3.35. The Bertz CT molecular complexity index is 1140. The van der Waals surface area contributed by atoms with E-state index in [0.29, 0.717) is 5.95 Å². The molecule has 0 saturated carbocycles. The zero-order valence-corrected chi connectivity index (χ0v) is 20.3. The normalized spacial score (nSPS) is 22.9. The molecule has 2 bridgehead atoms. The second-order valence-corrected chi connectivity index (χ2v) is 10.9. The molecular formula is C23H31N7O2S. The van der Waals surface area contributed by atoms with Crippen LogP contribution >= 0.6 is 11.3 Å². The predicted molar refractivity (Wildman–Crippen MR) is 130 cm³/mol. The number of carbonyl (C=O) groups is 1. The number of carbonyl (C=O) groups excluding carboxylic acids is 1. The zero-order chi connectivity index (χ0) is 23.2. The van der Waals surface area contributed by atoms with Gasteiger partial charge < -0.3 is 20.3 Å². The van der Waals surface area contributed by atoms with Gasteiger partial charge in [0.2, 0.25) is 5.95 Å². The Morgan fingerprint density at radius 1 is 1.24 bits per heavy atom. The molecule has 0 aromatic carbocycles. The summed E-state index contributed by atoms with van der Waals surface area (Å²) in [5, 5.41) is 17.1. The number of nitrogens with zero attached hydrogens (tertiary/aromatic N) is 4. The molecule has 5 rings (SSSR count). The van der Waals surface area contributed by atoms with Gasteiger partial charge in [0.05, 0.1) is 5.39 Å². The molecule has 3 aromatic rings. The van der Waals surface area contributed by atoms with E-state index in [1.165, 1.54) is 0 Å². The number of fused-ring (bicyclic) bond motifs is 3. The van der Waals surface area contributed by atoms with E-state index in [4.69, 9.17) is 14.7 Å². The summed E-state index contributed by atoms with van der Waals surface area (Å²) in [6.07, 6.45) is 4.70. The number of anilines is 3. The number of rotatable bonds is 4. The fourth-order valence-corrected chi connectivity index (χ4v) is 5.68. The summed E-state index contributed by atoms with van der Waals surface area (Å²) in [7, 11) is 0. The first-order valence-corrected chi connectivity index (χ1v) is 12.5. The number of H-pyrrole nitrogens is 1. The van der Waals surface area contributed by atoms with Crippen molar-refractivity contribution in [2.24, 2.45) is 0 Å². The van der Waals surface area contributed by atoms with E-state index in [0.717, 1.165) is 59.7 Å². The number of hydrogen-bond acceptors (Lipinski definition) is 8. The highest BCUT2D eigenvalue weighted by atomic mass is 32.1. The van der Waals surface area contributed by atoms with Crippen molar-refractivity contribution in [3.63, 3.8) is 0 Å². The summed E-state index contributed by atoms with van der Waals surface area (Å²) < 4.78 is 5.71. The number of nitrogens with one attached hydrogen (secondary N) is 3. The summed E-state index contributed by atoms with van der Waals surface area (Å²) in [6.45, 7) is 7.72. The lowest BCUT2D eigenvalue weighted by atomic mass is 9.82. The van der Waals surface area contributed by atoms with Crippen LogP contribution < -0.4 is 10.6 Å². The first-order chi connectivity index (χ1) is 15.7. The third-order valence-corrected chi connectivity index (χ3v) is 7.00. The minimum Gasteiger partial charge on any atom is -0.444 e. The van der Waals surface area contributed by atoms with E-state index in [1.54, 1.807) is 11.3 Å². The molecule has 3 atom stereocenters. The van der Waals surface area contributed by atoms with Crippen molar-refractivity contribution in [2.75, 3.05) is 10.6 Å². The zero-order valence-electron chi connectivity index (χ0n) is 19.5. The number of hydrogen-bond donors (Lipinski definition) is 3. The molecule has 10 heteroatoms. The summed E-state index contributed by atoms with van der Waals surface area (Å²) in [4.78, 5) is 25.3. The second kappa shape index (κ2) is 8.48. The van der Waals surface area contributed by atoms with Gasteiger partial charge in [-0.1, -0.05) is 0 Å². The van der Waals surface area contributed by atoms with Gasteiger partial charge in [-0.2, -0.15) is 10.1 Å². The molecule has 176 valence electrons. The third-order valence-electron chi connectivity index (χ3n) is 6.19. The van der Waals surface area contributed by atoms with Gasteiger partial charge >= 0.3 is 6.09 Å². The smallest absolute Gasteiger partial charge is 0.410 e. The number of aryl methyl sites for hydroxylation is 1. The molecule has 1 unspecified atom stereocenters. The van der Waals surface area contributed by atoms with Crippen LogP contribution in [-0.4, -0.2) is 54.9 Å². The minimum atomic E-state index is -0.485. The Hall–Kier alpha value is -2.88. The maximum absolute atomic E-state index is 12.9. The lowest BCUT2D eigenvalue weighted by molar-refractivity contribution is -0.0199. The first-order valence-electron chi connectivity index (χ1n) is 11.6. The summed E-state index contributed by atoms with van der Waals surface area (Å²) in [5.41, 5.74) is 0.496. The van der Waals surface area contributed by atoms with Crippen LogP contribution in [0.3, 0.4) is 0 Å². The Balaban J connectivity index is 1.34. The van der Waals surface area contributed by atoms with E-state index in [9.17, 15) is 4.79 Å². The molecule has 2 aliphatic rings. The van der Waals surface area contributed by atoms with Crippen molar-refractivity contribution < 1.29 is 9.53 Å². The van der Waals surface area contributed by atoms with Gasteiger partial charge in [0, 0.05) is 29.9 Å². The molecule has 0 spiro atoms.